The molecule has 3 atom stereocenters. The van der Waals surface area contributed by atoms with Gasteiger partial charge in [0.05, 0.1) is 16.6 Å². The number of hydrogen-bond acceptors (Lipinski definition) is 6. The van der Waals surface area contributed by atoms with E-state index in [1.165, 1.54) is 42.2 Å². The Bertz CT molecular complexity index is 1040. The normalized spacial score (nSPS) is 26.3. The van der Waals surface area contributed by atoms with E-state index < -0.39 is 22.0 Å². The zero-order chi connectivity index (χ0) is 21.4. The van der Waals surface area contributed by atoms with Gasteiger partial charge in [-0.1, -0.05) is 30.3 Å². The van der Waals surface area contributed by atoms with Crippen molar-refractivity contribution in [3.8, 4) is 6.07 Å². The van der Waals surface area contributed by atoms with Crippen LogP contribution in [-0.2, 0) is 5.54 Å². The third-order valence-corrected chi connectivity index (χ3v) is 6.67. The van der Waals surface area contributed by atoms with Gasteiger partial charge in [0.2, 0.25) is 0 Å². The topological polar surface area (TPSA) is 104 Å². The molecule has 6 nitrogen and oxygen atoms in total. The number of nitrogens with two attached hydrogens (primary N) is 1. The Kier molecular flexibility index (Phi) is 5.57. The third kappa shape index (κ3) is 3.93. The van der Waals surface area contributed by atoms with E-state index in [1.54, 1.807) is 19.9 Å². The average Bonchev–Trinajstić information content (AvgIpc) is 2.68. The van der Waals surface area contributed by atoms with Crippen LogP contribution in [0.25, 0.3) is 0 Å². The van der Waals surface area contributed by atoms with Crippen molar-refractivity contribution in [3.63, 3.8) is 0 Å². The number of aromatic nitrogens is 1. The maximum atomic E-state index is 14.8. The van der Waals surface area contributed by atoms with Crippen LogP contribution in [0, 0.1) is 23.1 Å². The molecule has 150 valence electrons. The highest BCUT2D eigenvalue weighted by atomic mass is 35.5. The highest BCUT2D eigenvalue weighted by Crippen LogP contribution is 2.50. The minimum atomic E-state index is -1.08. The fraction of sp³-hybridized carbons (Fsp3) is 0.300. The van der Waals surface area contributed by atoms with Gasteiger partial charge in [-0.05, 0) is 44.2 Å². The Morgan fingerprint density at radius 2 is 2.10 bits per heavy atom. The van der Waals surface area contributed by atoms with Crippen molar-refractivity contribution in [1.82, 2.24) is 4.98 Å². The number of aliphatic imine (C=N–C) groups is 1. The molecule has 1 aromatic heterocycles. The van der Waals surface area contributed by atoms with Crippen LogP contribution in [0.15, 0.2) is 41.5 Å². The molecule has 0 saturated heterocycles. The summed E-state index contributed by atoms with van der Waals surface area (Å²) >= 11 is 6.96. The molecule has 3 rings (SSSR count). The van der Waals surface area contributed by atoms with Gasteiger partial charge in [0.25, 0.3) is 5.91 Å². The standard InChI is InChI=1S/C20H19ClFN5OS/c1-11-19(2,10-23)29-18(24)27-20(11,3)14-8-13(5-6-15(14)22)26-17(28)16-7-4-12(21)9-25-16/h4-9,11H,1-3H3,(H2,24,27)(H,26,28)/t11-,19-,20+/m1/s1. The number of carbonyl (C=O) groups excluding carboxylic acids is 1. The number of benzene rings is 1. The maximum Gasteiger partial charge on any atom is 0.274 e. The summed E-state index contributed by atoms with van der Waals surface area (Å²) in [5.41, 5.74) is 5.69. The van der Waals surface area contributed by atoms with Crippen LogP contribution in [0.4, 0.5) is 10.1 Å². The molecule has 0 saturated carbocycles. The summed E-state index contributed by atoms with van der Waals surface area (Å²) in [6, 6.07) is 9.55. The van der Waals surface area contributed by atoms with Crippen molar-refractivity contribution in [3.05, 3.63) is 58.6 Å². The van der Waals surface area contributed by atoms with Crippen LogP contribution in [0.3, 0.4) is 0 Å². The molecule has 1 aliphatic rings. The second-order valence-corrected chi connectivity index (χ2v) is 9.06. The predicted octanol–water partition coefficient (Wildman–Crippen LogP) is 4.32. The maximum absolute atomic E-state index is 14.8. The molecule has 0 radical (unpaired) electrons. The Hall–Kier alpha value is -2.63. The van der Waals surface area contributed by atoms with Gasteiger partial charge in [0.15, 0.2) is 5.17 Å². The molecular weight excluding hydrogens is 413 g/mol. The minimum Gasteiger partial charge on any atom is -0.378 e. The number of halogens is 2. The van der Waals surface area contributed by atoms with E-state index in [0.29, 0.717) is 10.7 Å². The van der Waals surface area contributed by atoms with Crippen LogP contribution in [0.2, 0.25) is 5.02 Å². The van der Waals surface area contributed by atoms with Gasteiger partial charge >= 0.3 is 0 Å². The minimum absolute atomic E-state index is 0.174. The monoisotopic (exact) mass is 431 g/mol. The first-order valence-corrected chi connectivity index (χ1v) is 9.97. The summed E-state index contributed by atoms with van der Waals surface area (Å²) < 4.78 is 13.9. The molecule has 0 aliphatic carbocycles. The van der Waals surface area contributed by atoms with Gasteiger partial charge in [-0.25, -0.2) is 9.37 Å². The molecule has 0 spiro atoms. The summed E-state index contributed by atoms with van der Waals surface area (Å²) in [5.74, 6) is -1.30. The SMILES string of the molecule is C[C@@H]1[C@@](C)(C#N)SC(N)=N[C@]1(C)c1cc(NC(=O)c2ccc(Cl)cn2)ccc1F. The Morgan fingerprint density at radius 3 is 2.72 bits per heavy atom. The highest BCUT2D eigenvalue weighted by Gasteiger charge is 2.50. The molecule has 0 bridgehead atoms. The number of nitrogens with one attached hydrogen (secondary N) is 1. The van der Waals surface area contributed by atoms with Crippen LogP contribution in [-0.4, -0.2) is 20.8 Å². The van der Waals surface area contributed by atoms with Gasteiger partial charge in [-0.2, -0.15) is 5.26 Å². The number of rotatable bonds is 3. The Balaban J connectivity index is 1.99. The number of amides is 1. The molecule has 3 N–H and O–H groups in total. The Morgan fingerprint density at radius 1 is 1.38 bits per heavy atom. The zero-order valence-electron chi connectivity index (χ0n) is 16.0. The van der Waals surface area contributed by atoms with Crippen molar-refractivity contribution in [2.24, 2.45) is 16.6 Å². The van der Waals surface area contributed by atoms with Crippen LogP contribution < -0.4 is 11.1 Å². The number of thioether (sulfide) groups is 1. The number of anilines is 1. The highest BCUT2D eigenvalue weighted by molar-refractivity contribution is 8.15. The van der Waals surface area contributed by atoms with Gasteiger partial charge in [-0.3, -0.25) is 9.79 Å². The second kappa shape index (κ2) is 7.65. The number of nitrogens with zero attached hydrogens (tertiary/aromatic N) is 3. The molecule has 2 aromatic rings. The van der Waals surface area contributed by atoms with Crippen molar-refractivity contribution < 1.29 is 9.18 Å². The van der Waals surface area contributed by atoms with Gasteiger partial charge in [-0.15, -0.1) is 0 Å². The Labute approximate surface area is 177 Å². The zero-order valence-corrected chi connectivity index (χ0v) is 17.6. The lowest BCUT2D eigenvalue weighted by atomic mass is 9.74. The first-order chi connectivity index (χ1) is 13.6. The number of amidine groups is 1. The van der Waals surface area contributed by atoms with Crippen LogP contribution >= 0.6 is 23.4 Å². The number of hydrogen-bond donors (Lipinski definition) is 2. The summed E-state index contributed by atoms with van der Waals surface area (Å²) in [4.78, 5) is 20.9. The largest absolute Gasteiger partial charge is 0.378 e. The molecule has 9 heteroatoms. The van der Waals surface area contributed by atoms with E-state index in [9.17, 15) is 14.4 Å². The number of nitriles is 1. The lowest BCUT2D eigenvalue weighted by Gasteiger charge is -2.43. The molecule has 2 heterocycles. The summed E-state index contributed by atoms with van der Waals surface area (Å²) in [6.45, 7) is 5.34. The first kappa shape index (κ1) is 21.1. The van der Waals surface area contributed by atoms with E-state index in [4.69, 9.17) is 17.3 Å². The number of pyridine rings is 1. The van der Waals surface area contributed by atoms with Crippen molar-refractivity contribution in [2.45, 2.75) is 31.1 Å². The molecular formula is C20H19ClFN5OS. The molecule has 1 aliphatic heterocycles. The predicted molar refractivity (Wildman–Crippen MR) is 113 cm³/mol. The van der Waals surface area contributed by atoms with Crippen molar-refractivity contribution >= 4 is 40.1 Å². The summed E-state index contributed by atoms with van der Waals surface area (Å²) in [7, 11) is 0. The molecule has 1 aromatic carbocycles. The van der Waals surface area contributed by atoms with E-state index in [0.717, 1.165) is 0 Å². The van der Waals surface area contributed by atoms with Crippen molar-refractivity contribution in [1.29, 1.82) is 5.26 Å². The van der Waals surface area contributed by atoms with Gasteiger partial charge in [0.1, 0.15) is 16.3 Å². The summed E-state index contributed by atoms with van der Waals surface area (Å²) in [5, 5.41) is 13.0. The molecule has 0 fully saturated rings. The molecule has 29 heavy (non-hydrogen) atoms. The fourth-order valence-electron chi connectivity index (χ4n) is 3.30. The quantitative estimate of drug-likeness (QED) is 0.752. The smallest absolute Gasteiger partial charge is 0.274 e. The van der Waals surface area contributed by atoms with E-state index in [-0.39, 0.29) is 22.3 Å². The van der Waals surface area contributed by atoms with E-state index in [2.05, 4.69) is 21.4 Å². The fourth-order valence-corrected chi connectivity index (χ4v) is 4.53. The lowest BCUT2D eigenvalue weighted by molar-refractivity contribution is 0.102. The van der Waals surface area contributed by atoms with Crippen molar-refractivity contribution in [2.75, 3.05) is 5.32 Å². The summed E-state index contributed by atoms with van der Waals surface area (Å²) in [6.07, 6.45) is 1.37. The van der Waals surface area contributed by atoms with Gasteiger partial charge in [0, 0.05) is 23.4 Å². The first-order valence-electron chi connectivity index (χ1n) is 8.77. The lowest BCUT2D eigenvalue weighted by Crippen LogP contribution is -2.47. The van der Waals surface area contributed by atoms with E-state index >= 15 is 0 Å². The second-order valence-electron chi connectivity index (χ2n) is 7.15. The number of carbonyl (C=O) groups is 1. The van der Waals surface area contributed by atoms with E-state index in [1.807, 2.05) is 6.92 Å². The van der Waals surface area contributed by atoms with Crippen LogP contribution in [0.5, 0.6) is 0 Å². The van der Waals surface area contributed by atoms with Crippen LogP contribution in [0.1, 0.15) is 36.8 Å². The third-order valence-electron chi connectivity index (χ3n) is 5.28. The molecule has 1 amide bonds. The molecule has 0 unspecified atom stereocenters. The average molecular weight is 432 g/mol. The van der Waals surface area contributed by atoms with Gasteiger partial charge < -0.3 is 11.1 Å².